The van der Waals surface area contributed by atoms with E-state index < -0.39 is 0 Å². The summed E-state index contributed by atoms with van der Waals surface area (Å²) < 4.78 is 11.7. The van der Waals surface area contributed by atoms with Crippen LogP contribution in [0.5, 0.6) is 0 Å². The Bertz CT molecular complexity index is 174. The summed E-state index contributed by atoms with van der Waals surface area (Å²) in [6.07, 6.45) is 12.6. The van der Waals surface area contributed by atoms with Crippen molar-refractivity contribution in [2.24, 2.45) is 0 Å². The molecule has 0 spiro atoms. The highest BCUT2D eigenvalue weighted by Gasteiger charge is 2.34. The van der Waals surface area contributed by atoms with Gasteiger partial charge in [-0.1, -0.05) is 52.4 Å². The van der Waals surface area contributed by atoms with Crippen LogP contribution in [-0.4, -0.2) is 19.0 Å². The molecule has 0 aromatic rings. The van der Waals surface area contributed by atoms with Crippen molar-refractivity contribution >= 4 is 0 Å². The Morgan fingerprint density at radius 3 is 1.76 bits per heavy atom. The number of unbranched alkanes of at least 4 members (excludes halogenated alkanes) is 6. The second-order valence-corrected chi connectivity index (χ2v) is 5.23. The van der Waals surface area contributed by atoms with Gasteiger partial charge in [0, 0.05) is 12.8 Å². The average Bonchev–Trinajstić information content (AvgIpc) is 2.79. The lowest BCUT2D eigenvalue weighted by Gasteiger charge is -2.27. The first-order valence-electron chi connectivity index (χ1n) is 7.61. The van der Waals surface area contributed by atoms with E-state index in [9.17, 15) is 0 Å². The Morgan fingerprint density at radius 2 is 1.18 bits per heavy atom. The maximum atomic E-state index is 5.87. The number of hydrogen-bond donors (Lipinski definition) is 0. The smallest absolute Gasteiger partial charge is 0.168 e. The van der Waals surface area contributed by atoms with Crippen LogP contribution in [0.2, 0.25) is 0 Å². The normalized spacial score (nSPS) is 18.7. The molecule has 1 saturated heterocycles. The SMILES string of the molecule is CCCCCCCC1(CCCCC)OCCO1. The van der Waals surface area contributed by atoms with Gasteiger partial charge in [0.25, 0.3) is 0 Å². The minimum atomic E-state index is -0.207. The molecule has 0 aromatic heterocycles. The molecular weight excluding hydrogens is 212 g/mol. The lowest BCUT2D eigenvalue weighted by molar-refractivity contribution is -0.168. The quantitative estimate of drug-likeness (QED) is 0.518. The van der Waals surface area contributed by atoms with Gasteiger partial charge in [0.05, 0.1) is 13.2 Å². The van der Waals surface area contributed by atoms with Crippen molar-refractivity contribution in [1.29, 1.82) is 0 Å². The van der Waals surface area contributed by atoms with E-state index in [1.54, 1.807) is 0 Å². The summed E-state index contributed by atoms with van der Waals surface area (Å²) in [7, 11) is 0. The van der Waals surface area contributed by atoms with Gasteiger partial charge in [-0.3, -0.25) is 0 Å². The third-order valence-corrected chi connectivity index (χ3v) is 3.64. The Morgan fingerprint density at radius 1 is 0.706 bits per heavy atom. The summed E-state index contributed by atoms with van der Waals surface area (Å²) in [5, 5.41) is 0. The van der Waals surface area contributed by atoms with E-state index in [0.29, 0.717) is 0 Å². The highest BCUT2D eigenvalue weighted by Crippen LogP contribution is 2.31. The Hall–Kier alpha value is -0.0800. The second kappa shape index (κ2) is 8.93. The van der Waals surface area contributed by atoms with Crippen molar-refractivity contribution in [3.63, 3.8) is 0 Å². The molecule has 102 valence electrons. The third kappa shape index (κ3) is 5.87. The number of ether oxygens (including phenoxy) is 2. The van der Waals surface area contributed by atoms with Crippen LogP contribution in [0.15, 0.2) is 0 Å². The minimum Gasteiger partial charge on any atom is -0.348 e. The number of rotatable bonds is 10. The molecule has 0 amide bonds. The lowest BCUT2D eigenvalue weighted by Crippen LogP contribution is -2.30. The van der Waals surface area contributed by atoms with E-state index >= 15 is 0 Å². The molecule has 0 atom stereocenters. The molecular formula is C15H30O2. The second-order valence-electron chi connectivity index (χ2n) is 5.23. The molecule has 0 bridgehead atoms. The van der Waals surface area contributed by atoms with Crippen LogP contribution in [0.25, 0.3) is 0 Å². The molecule has 0 saturated carbocycles. The average molecular weight is 242 g/mol. The predicted molar refractivity (Wildman–Crippen MR) is 72.2 cm³/mol. The molecule has 2 heteroatoms. The van der Waals surface area contributed by atoms with Gasteiger partial charge in [-0.2, -0.15) is 0 Å². The monoisotopic (exact) mass is 242 g/mol. The van der Waals surface area contributed by atoms with Gasteiger partial charge in [0.15, 0.2) is 5.79 Å². The first kappa shape index (κ1) is 15.0. The summed E-state index contributed by atoms with van der Waals surface area (Å²) >= 11 is 0. The first-order chi connectivity index (χ1) is 8.33. The van der Waals surface area contributed by atoms with Crippen LogP contribution < -0.4 is 0 Å². The van der Waals surface area contributed by atoms with Crippen LogP contribution in [0.1, 0.15) is 78.1 Å². The highest BCUT2D eigenvalue weighted by molar-refractivity contribution is 4.74. The molecule has 17 heavy (non-hydrogen) atoms. The fraction of sp³-hybridized carbons (Fsp3) is 1.00. The summed E-state index contributed by atoms with van der Waals surface area (Å²) in [4.78, 5) is 0. The van der Waals surface area contributed by atoms with E-state index in [1.807, 2.05) is 0 Å². The molecule has 2 nitrogen and oxygen atoms in total. The van der Waals surface area contributed by atoms with Crippen LogP contribution in [0.3, 0.4) is 0 Å². The molecule has 1 fully saturated rings. The highest BCUT2D eigenvalue weighted by atomic mass is 16.7. The van der Waals surface area contributed by atoms with E-state index in [2.05, 4.69) is 13.8 Å². The topological polar surface area (TPSA) is 18.5 Å². The van der Waals surface area contributed by atoms with E-state index in [4.69, 9.17) is 9.47 Å². The number of hydrogen-bond acceptors (Lipinski definition) is 2. The predicted octanol–water partition coefficient (Wildman–Crippen LogP) is 4.67. The third-order valence-electron chi connectivity index (χ3n) is 3.64. The maximum Gasteiger partial charge on any atom is 0.168 e. The van der Waals surface area contributed by atoms with Crippen LogP contribution >= 0.6 is 0 Å². The Labute approximate surface area is 107 Å². The standard InChI is InChI=1S/C15H30O2/c1-3-5-7-8-10-12-15(11-9-6-4-2)16-13-14-17-15/h3-14H2,1-2H3. The van der Waals surface area contributed by atoms with E-state index in [-0.39, 0.29) is 5.79 Å². The van der Waals surface area contributed by atoms with Crippen molar-refractivity contribution in [2.75, 3.05) is 13.2 Å². The summed E-state index contributed by atoms with van der Waals surface area (Å²) in [5.74, 6) is -0.207. The van der Waals surface area contributed by atoms with Crippen molar-refractivity contribution in [3.8, 4) is 0 Å². The Balaban J connectivity index is 2.17. The van der Waals surface area contributed by atoms with Crippen LogP contribution in [0.4, 0.5) is 0 Å². The first-order valence-corrected chi connectivity index (χ1v) is 7.61. The molecule has 1 aliphatic heterocycles. The van der Waals surface area contributed by atoms with Gasteiger partial charge in [0.2, 0.25) is 0 Å². The summed E-state index contributed by atoms with van der Waals surface area (Å²) in [6, 6.07) is 0. The molecule has 0 N–H and O–H groups in total. The minimum absolute atomic E-state index is 0.207. The van der Waals surface area contributed by atoms with Gasteiger partial charge in [-0.05, 0) is 12.8 Å². The zero-order valence-electron chi connectivity index (χ0n) is 11.8. The van der Waals surface area contributed by atoms with Gasteiger partial charge in [-0.15, -0.1) is 0 Å². The Kier molecular flexibility index (Phi) is 7.87. The van der Waals surface area contributed by atoms with Gasteiger partial charge in [0.1, 0.15) is 0 Å². The zero-order chi connectivity index (χ0) is 12.4. The lowest BCUT2D eigenvalue weighted by atomic mass is 10.00. The van der Waals surface area contributed by atoms with Crippen molar-refractivity contribution < 1.29 is 9.47 Å². The summed E-state index contributed by atoms with van der Waals surface area (Å²) in [5.41, 5.74) is 0. The van der Waals surface area contributed by atoms with Gasteiger partial charge >= 0.3 is 0 Å². The molecule has 0 radical (unpaired) electrons. The molecule has 1 rings (SSSR count). The zero-order valence-corrected chi connectivity index (χ0v) is 11.8. The van der Waals surface area contributed by atoms with Crippen molar-refractivity contribution in [3.05, 3.63) is 0 Å². The van der Waals surface area contributed by atoms with Crippen LogP contribution in [0, 0.1) is 0 Å². The van der Waals surface area contributed by atoms with Gasteiger partial charge < -0.3 is 9.47 Å². The van der Waals surface area contributed by atoms with E-state index in [1.165, 1.54) is 51.4 Å². The van der Waals surface area contributed by atoms with Crippen LogP contribution in [-0.2, 0) is 9.47 Å². The molecule has 0 aromatic carbocycles. The van der Waals surface area contributed by atoms with Gasteiger partial charge in [-0.25, -0.2) is 0 Å². The maximum absolute atomic E-state index is 5.87. The molecule has 1 heterocycles. The molecule has 0 aliphatic carbocycles. The largest absolute Gasteiger partial charge is 0.348 e. The van der Waals surface area contributed by atoms with Crippen molar-refractivity contribution in [1.82, 2.24) is 0 Å². The molecule has 1 aliphatic rings. The van der Waals surface area contributed by atoms with Crippen molar-refractivity contribution in [2.45, 2.75) is 83.8 Å². The fourth-order valence-electron chi connectivity index (χ4n) is 2.55. The fourth-order valence-corrected chi connectivity index (χ4v) is 2.55. The van der Waals surface area contributed by atoms with E-state index in [0.717, 1.165) is 26.1 Å². The summed E-state index contributed by atoms with van der Waals surface area (Å²) in [6.45, 7) is 6.09. The molecule has 0 unspecified atom stereocenters.